The largest absolute Gasteiger partial charge is 0.503 e. The zero-order valence-electron chi connectivity index (χ0n) is 13.1. The van der Waals surface area contributed by atoms with Gasteiger partial charge in [-0.3, -0.25) is 9.69 Å². The van der Waals surface area contributed by atoms with Gasteiger partial charge in [-0.1, -0.05) is 13.8 Å². The van der Waals surface area contributed by atoms with E-state index in [1.807, 2.05) is 0 Å². The van der Waals surface area contributed by atoms with Crippen LogP contribution in [0.1, 0.15) is 32.9 Å². The lowest BCUT2D eigenvalue weighted by Crippen LogP contribution is -2.39. The fourth-order valence-corrected chi connectivity index (χ4v) is 3.34. The first-order valence-electron chi connectivity index (χ1n) is 7.68. The first-order valence-corrected chi connectivity index (χ1v) is 7.68. The summed E-state index contributed by atoms with van der Waals surface area (Å²) in [5.74, 6) is 1.05. The summed E-state index contributed by atoms with van der Waals surface area (Å²) in [5, 5.41) is 19.2. The molecule has 1 aliphatic heterocycles. The number of piperidine rings is 1. The van der Waals surface area contributed by atoms with Gasteiger partial charge in [0.05, 0.1) is 12.3 Å². The molecule has 21 heavy (non-hydrogen) atoms. The number of pyridine rings is 1. The van der Waals surface area contributed by atoms with Crippen molar-refractivity contribution in [2.45, 2.75) is 46.4 Å². The highest BCUT2D eigenvalue weighted by Crippen LogP contribution is 2.22. The van der Waals surface area contributed by atoms with E-state index < -0.39 is 6.10 Å². The molecule has 2 heterocycles. The summed E-state index contributed by atoms with van der Waals surface area (Å²) in [4.78, 5) is 14.1. The van der Waals surface area contributed by atoms with Crippen LogP contribution in [-0.4, -0.2) is 38.9 Å². The lowest BCUT2D eigenvalue weighted by molar-refractivity contribution is 0.127. The first-order chi connectivity index (χ1) is 9.85. The summed E-state index contributed by atoms with van der Waals surface area (Å²) in [6.45, 7) is 9.30. The van der Waals surface area contributed by atoms with Crippen LogP contribution >= 0.6 is 0 Å². The van der Waals surface area contributed by atoms with E-state index in [0.29, 0.717) is 24.9 Å². The number of aliphatic hydroxyl groups excluding tert-OH is 1. The van der Waals surface area contributed by atoms with Crippen LogP contribution in [0.5, 0.6) is 5.75 Å². The molecule has 2 N–H and O–H groups in total. The Balaban J connectivity index is 2.21. The smallest absolute Gasteiger partial charge is 0.223 e. The second kappa shape index (κ2) is 6.62. The van der Waals surface area contributed by atoms with Gasteiger partial charge < -0.3 is 14.8 Å². The van der Waals surface area contributed by atoms with E-state index in [4.69, 9.17) is 0 Å². The zero-order valence-corrected chi connectivity index (χ0v) is 13.1. The summed E-state index contributed by atoms with van der Waals surface area (Å²) in [5.41, 5.74) is 0.491. The standard InChI is InChI=1S/C16H26N2O3/c1-11-4-12(2)7-17(6-11)9-14-5-15(20)16(21)10-18(14)8-13(3)19/h5,10-13,19,21H,4,6-9H2,1-3H3. The molecule has 118 valence electrons. The second-order valence-electron chi connectivity index (χ2n) is 6.66. The molecule has 5 heteroatoms. The molecule has 0 spiro atoms. The highest BCUT2D eigenvalue weighted by atomic mass is 16.3. The minimum atomic E-state index is -0.523. The second-order valence-corrected chi connectivity index (χ2v) is 6.66. The van der Waals surface area contributed by atoms with E-state index in [1.165, 1.54) is 18.7 Å². The Morgan fingerprint density at radius 3 is 2.52 bits per heavy atom. The number of likely N-dealkylation sites (tertiary alicyclic amines) is 1. The van der Waals surface area contributed by atoms with Gasteiger partial charge in [-0.05, 0) is 25.2 Å². The molecular formula is C16H26N2O3. The van der Waals surface area contributed by atoms with Crippen molar-refractivity contribution in [2.24, 2.45) is 11.8 Å². The van der Waals surface area contributed by atoms with Crippen LogP contribution in [0, 0.1) is 11.8 Å². The topological polar surface area (TPSA) is 65.7 Å². The SMILES string of the molecule is CC(O)Cn1cc(O)c(=O)cc1CN1CC(C)CC(C)C1. The van der Waals surface area contributed by atoms with Gasteiger partial charge in [0.2, 0.25) is 5.43 Å². The van der Waals surface area contributed by atoms with Crippen LogP contribution < -0.4 is 5.43 Å². The highest BCUT2D eigenvalue weighted by Gasteiger charge is 2.22. The van der Waals surface area contributed by atoms with E-state index in [0.717, 1.165) is 18.8 Å². The number of aromatic hydroxyl groups is 1. The highest BCUT2D eigenvalue weighted by molar-refractivity contribution is 5.20. The molecule has 0 amide bonds. The number of aliphatic hydroxyl groups is 1. The lowest BCUT2D eigenvalue weighted by Gasteiger charge is -2.35. The average molecular weight is 294 g/mol. The summed E-state index contributed by atoms with van der Waals surface area (Å²) in [6, 6.07) is 1.49. The van der Waals surface area contributed by atoms with Crippen molar-refractivity contribution in [2.75, 3.05) is 13.1 Å². The van der Waals surface area contributed by atoms with E-state index >= 15 is 0 Å². The number of aromatic nitrogens is 1. The third-order valence-corrected chi connectivity index (χ3v) is 3.99. The van der Waals surface area contributed by atoms with Crippen molar-refractivity contribution in [1.29, 1.82) is 0 Å². The molecule has 0 radical (unpaired) electrons. The Morgan fingerprint density at radius 2 is 1.95 bits per heavy atom. The van der Waals surface area contributed by atoms with Crippen molar-refractivity contribution in [3.05, 3.63) is 28.2 Å². The first kappa shape index (κ1) is 16.0. The van der Waals surface area contributed by atoms with Gasteiger partial charge in [-0.15, -0.1) is 0 Å². The van der Waals surface area contributed by atoms with Crippen molar-refractivity contribution < 1.29 is 10.2 Å². The molecule has 0 bridgehead atoms. The van der Waals surface area contributed by atoms with E-state index in [9.17, 15) is 15.0 Å². The molecule has 0 saturated carbocycles. The number of nitrogens with zero attached hydrogens (tertiary/aromatic N) is 2. The van der Waals surface area contributed by atoms with Crippen LogP contribution in [0.4, 0.5) is 0 Å². The third kappa shape index (κ3) is 4.32. The molecule has 1 aliphatic rings. The molecule has 3 atom stereocenters. The molecule has 2 rings (SSSR count). The van der Waals surface area contributed by atoms with Crippen molar-refractivity contribution in [1.82, 2.24) is 9.47 Å². The van der Waals surface area contributed by atoms with Gasteiger partial charge in [0.15, 0.2) is 5.75 Å². The molecule has 1 fully saturated rings. The monoisotopic (exact) mass is 294 g/mol. The predicted octanol–water partition coefficient (Wildman–Crippen LogP) is 1.41. The summed E-state index contributed by atoms with van der Waals surface area (Å²) >= 11 is 0. The molecule has 1 saturated heterocycles. The van der Waals surface area contributed by atoms with Gasteiger partial charge in [0, 0.05) is 37.9 Å². The quantitative estimate of drug-likeness (QED) is 0.881. The summed E-state index contributed by atoms with van der Waals surface area (Å²) in [7, 11) is 0. The maximum Gasteiger partial charge on any atom is 0.223 e. The van der Waals surface area contributed by atoms with Crippen molar-refractivity contribution in [3.63, 3.8) is 0 Å². The molecule has 5 nitrogen and oxygen atoms in total. The van der Waals surface area contributed by atoms with Gasteiger partial charge in [-0.2, -0.15) is 0 Å². The number of rotatable bonds is 4. The van der Waals surface area contributed by atoms with Gasteiger partial charge in [-0.25, -0.2) is 0 Å². The van der Waals surface area contributed by atoms with Crippen LogP contribution in [0.3, 0.4) is 0 Å². The third-order valence-electron chi connectivity index (χ3n) is 3.99. The van der Waals surface area contributed by atoms with Crippen LogP contribution in [0.15, 0.2) is 17.1 Å². The molecule has 1 aromatic heterocycles. The van der Waals surface area contributed by atoms with Crippen molar-refractivity contribution >= 4 is 0 Å². The molecule has 0 aliphatic carbocycles. The normalized spacial score (nSPS) is 25.0. The Labute approximate surface area is 125 Å². The Morgan fingerprint density at radius 1 is 1.33 bits per heavy atom. The Hall–Kier alpha value is -1.33. The van der Waals surface area contributed by atoms with Crippen LogP contribution in [0.2, 0.25) is 0 Å². The van der Waals surface area contributed by atoms with Crippen molar-refractivity contribution in [3.8, 4) is 5.75 Å². The van der Waals surface area contributed by atoms with E-state index in [2.05, 4.69) is 18.7 Å². The summed E-state index contributed by atoms with van der Waals surface area (Å²) < 4.78 is 1.78. The molecule has 3 unspecified atom stereocenters. The minimum Gasteiger partial charge on any atom is -0.503 e. The lowest BCUT2D eigenvalue weighted by atomic mass is 9.92. The number of hydrogen-bond donors (Lipinski definition) is 2. The van der Waals surface area contributed by atoms with Crippen LogP contribution in [-0.2, 0) is 13.1 Å². The van der Waals surface area contributed by atoms with E-state index in [1.54, 1.807) is 11.5 Å². The minimum absolute atomic E-state index is 0.264. The zero-order chi connectivity index (χ0) is 15.6. The average Bonchev–Trinajstić information content (AvgIpc) is 2.33. The van der Waals surface area contributed by atoms with Gasteiger partial charge >= 0.3 is 0 Å². The molecular weight excluding hydrogens is 268 g/mol. The van der Waals surface area contributed by atoms with Gasteiger partial charge in [0.1, 0.15) is 0 Å². The van der Waals surface area contributed by atoms with Crippen LogP contribution in [0.25, 0.3) is 0 Å². The number of hydrogen-bond acceptors (Lipinski definition) is 4. The predicted molar refractivity (Wildman–Crippen MR) is 82.3 cm³/mol. The Kier molecular flexibility index (Phi) is 5.06. The fraction of sp³-hybridized carbons (Fsp3) is 0.688. The summed E-state index contributed by atoms with van der Waals surface area (Å²) in [6.07, 6.45) is 2.15. The van der Waals surface area contributed by atoms with E-state index in [-0.39, 0.29) is 11.2 Å². The molecule has 0 aromatic carbocycles. The maximum atomic E-state index is 11.7. The Bertz CT molecular complexity index is 529. The fourth-order valence-electron chi connectivity index (χ4n) is 3.34. The van der Waals surface area contributed by atoms with Gasteiger partial charge in [0.25, 0.3) is 0 Å². The maximum absolute atomic E-state index is 11.7. The molecule has 1 aromatic rings.